The Bertz CT molecular complexity index is 362. The van der Waals surface area contributed by atoms with Gasteiger partial charge >= 0.3 is 0 Å². The lowest BCUT2D eigenvalue weighted by Gasteiger charge is -2.26. The third kappa shape index (κ3) is 3.19. The van der Waals surface area contributed by atoms with E-state index in [1.165, 1.54) is 5.56 Å². The maximum absolute atomic E-state index is 9.15. The number of benzene rings is 1. The molecule has 0 radical (unpaired) electrons. The van der Waals surface area contributed by atoms with Gasteiger partial charge in [-0.2, -0.15) is 0 Å². The molecule has 0 atom stereocenters. The van der Waals surface area contributed by atoms with Crippen molar-refractivity contribution in [3.05, 3.63) is 29.3 Å². The highest BCUT2D eigenvalue weighted by Gasteiger charge is 2.11. The Morgan fingerprint density at radius 3 is 2.76 bits per heavy atom. The summed E-state index contributed by atoms with van der Waals surface area (Å²) < 4.78 is 10.6. The fourth-order valence-electron chi connectivity index (χ4n) is 2.04. The number of methoxy groups -OCH3 is 1. The van der Waals surface area contributed by atoms with Crippen molar-refractivity contribution in [2.45, 2.75) is 13.2 Å². The molecule has 0 bridgehead atoms. The Balaban J connectivity index is 2.05. The third-order valence-corrected chi connectivity index (χ3v) is 3.03. The summed E-state index contributed by atoms with van der Waals surface area (Å²) in [6, 6.07) is 5.97. The monoisotopic (exact) mass is 237 g/mol. The number of hydrogen-bond acceptors (Lipinski definition) is 4. The van der Waals surface area contributed by atoms with Gasteiger partial charge < -0.3 is 14.6 Å². The molecule has 0 unspecified atom stereocenters. The lowest BCUT2D eigenvalue weighted by atomic mass is 10.1. The minimum atomic E-state index is 0.0149. The fourth-order valence-corrected chi connectivity index (χ4v) is 2.04. The summed E-state index contributed by atoms with van der Waals surface area (Å²) in [4.78, 5) is 2.36. The van der Waals surface area contributed by atoms with Crippen LogP contribution in [-0.2, 0) is 17.9 Å². The van der Waals surface area contributed by atoms with Gasteiger partial charge in [-0.05, 0) is 11.6 Å². The van der Waals surface area contributed by atoms with Gasteiger partial charge in [0.2, 0.25) is 0 Å². The summed E-state index contributed by atoms with van der Waals surface area (Å²) in [5, 5.41) is 9.15. The van der Waals surface area contributed by atoms with Gasteiger partial charge in [0.15, 0.2) is 0 Å². The quantitative estimate of drug-likeness (QED) is 0.849. The van der Waals surface area contributed by atoms with Crippen LogP contribution in [0.5, 0.6) is 5.75 Å². The first-order valence-electron chi connectivity index (χ1n) is 5.90. The minimum absolute atomic E-state index is 0.0149. The number of aliphatic hydroxyl groups excluding tert-OH is 1. The summed E-state index contributed by atoms with van der Waals surface area (Å²) in [7, 11) is 1.63. The van der Waals surface area contributed by atoms with E-state index in [9.17, 15) is 0 Å². The van der Waals surface area contributed by atoms with E-state index in [1.54, 1.807) is 7.11 Å². The Labute approximate surface area is 102 Å². The van der Waals surface area contributed by atoms with Crippen LogP contribution >= 0.6 is 0 Å². The second-order valence-electron chi connectivity index (χ2n) is 4.19. The first kappa shape index (κ1) is 12.4. The van der Waals surface area contributed by atoms with E-state index in [2.05, 4.69) is 4.90 Å². The number of nitrogens with zero attached hydrogens (tertiary/aromatic N) is 1. The third-order valence-electron chi connectivity index (χ3n) is 3.03. The highest BCUT2D eigenvalue weighted by molar-refractivity contribution is 5.37. The van der Waals surface area contributed by atoms with E-state index in [1.807, 2.05) is 18.2 Å². The first-order chi connectivity index (χ1) is 8.33. The number of rotatable bonds is 4. The molecule has 1 fully saturated rings. The number of aliphatic hydroxyl groups is 1. The van der Waals surface area contributed by atoms with Crippen LogP contribution in [0.1, 0.15) is 11.1 Å². The van der Waals surface area contributed by atoms with Crippen molar-refractivity contribution in [2.24, 2.45) is 0 Å². The molecule has 2 rings (SSSR count). The van der Waals surface area contributed by atoms with Gasteiger partial charge in [0, 0.05) is 25.2 Å². The van der Waals surface area contributed by atoms with Crippen molar-refractivity contribution in [3.63, 3.8) is 0 Å². The molecular weight excluding hydrogens is 218 g/mol. The molecule has 17 heavy (non-hydrogen) atoms. The van der Waals surface area contributed by atoms with Crippen LogP contribution in [0.25, 0.3) is 0 Å². The molecule has 4 heteroatoms. The fraction of sp³-hybridized carbons (Fsp3) is 0.538. The summed E-state index contributed by atoms with van der Waals surface area (Å²) in [5.74, 6) is 0.762. The Morgan fingerprint density at radius 2 is 2.12 bits per heavy atom. The Morgan fingerprint density at radius 1 is 1.35 bits per heavy atom. The van der Waals surface area contributed by atoms with Crippen molar-refractivity contribution in [3.8, 4) is 5.75 Å². The van der Waals surface area contributed by atoms with E-state index in [0.29, 0.717) is 0 Å². The topological polar surface area (TPSA) is 41.9 Å². The molecular formula is C13H19NO3. The molecule has 0 aromatic heterocycles. The van der Waals surface area contributed by atoms with Crippen LogP contribution in [-0.4, -0.2) is 43.4 Å². The van der Waals surface area contributed by atoms with Gasteiger partial charge in [-0.3, -0.25) is 4.90 Å². The van der Waals surface area contributed by atoms with E-state index in [0.717, 1.165) is 44.2 Å². The number of morpholine rings is 1. The summed E-state index contributed by atoms with van der Waals surface area (Å²) in [5.41, 5.74) is 2.04. The van der Waals surface area contributed by atoms with Crippen molar-refractivity contribution in [1.29, 1.82) is 0 Å². The molecule has 1 aliphatic rings. The molecule has 1 saturated heterocycles. The molecule has 0 spiro atoms. The standard InChI is InChI=1S/C13H19NO3/c1-16-13-8-11(2-3-12(13)10-15)9-14-4-6-17-7-5-14/h2-3,8,15H,4-7,9-10H2,1H3. The molecule has 1 N–H and O–H groups in total. The van der Waals surface area contributed by atoms with Crippen LogP contribution in [0.4, 0.5) is 0 Å². The lowest BCUT2D eigenvalue weighted by Crippen LogP contribution is -2.35. The molecule has 94 valence electrons. The summed E-state index contributed by atoms with van der Waals surface area (Å²) >= 11 is 0. The second kappa shape index (κ2) is 6.00. The van der Waals surface area contributed by atoms with E-state index < -0.39 is 0 Å². The molecule has 0 aliphatic carbocycles. The van der Waals surface area contributed by atoms with Crippen molar-refractivity contribution in [2.75, 3.05) is 33.4 Å². The number of ether oxygens (including phenoxy) is 2. The van der Waals surface area contributed by atoms with Gasteiger partial charge in [0.25, 0.3) is 0 Å². The molecule has 0 saturated carbocycles. The van der Waals surface area contributed by atoms with Gasteiger partial charge in [0.05, 0.1) is 26.9 Å². The van der Waals surface area contributed by atoms with E-state index in [-0.39, 0.29) is 6.61 Å². The maximum Gasteiger partial charge on any atom is 0.124 e. The van der Waals surface area contributed by atoms with E-state index in [4.69, 9.17) is 14.6 Å². The highest BCUT2D eigenvalue weighted by Crippen LogP contribution is 2.21. The Hall–Kier alpha value is -1.10. The maximum atomic E-state index is 9.15. The summed E-state index contributed by atoms with van der Waals surface area (Å²) in [6.07, 6.45) is 0. The average molecular weight is 237 g/mol. The van der Waals surface area contributed by atoms with Crippen molar-refractivity contribution >= 4 is 0 Å². The van der Waals surface area contributed by atoms with Crippen molar-refractivity contribution in [1.82, 2.24) is 4.90 Å². The SMILES string of the molecule is COc1cc(CN2CCOCC2)ccc1CO. The predicted molar refractivity (Wildman–Crippen MR) is 65.0 cm³/mol. The van der Waals surface area contributed by atoms with Crippen LogP contribution in [0.3, 0.4) is 0 Å². The smallest absolute Gasteiger partial charge is 0.124 e. The Kier molecular flexibility index (Phi) is 4.36. The zero-order valence-electron chi connectivity index (χ0n) is 10.2. The van der Waals surface area contributed by atoms with Gasteiger partial charge in [0.1, 0.15) is 5.75 Å². The van der Waals surface area contributed by atoms with Crippen LogP contribution < -0.4 is 4.74 Å². The molecule has 1 aromatic rings. The highest BCUT2D eigenvalue weighted by atomic mass is 16.5. The second-order valence-corrected chi connectivity index (χ2v) is 4.19. The average Bonchev–Trinajstić information content (AvgIpc) is 2.40. The largest absolute Gasteiger partial charge is 0.496 e. The van der Waals surface area contributed by atoms with Crippen LogP contribution in [0.15, 0.2) is 18.2 Å². The predicted octanol–water partition coefficient (Wildman–Crippen LogP) is 1.02. The first-order valence-corrected chi connectivity index (χ1v) is 5.90. The van der Waals surface area contributed by atoms with Gasteiger partial charge in [-0.15, -0.1) is 0 Å². The molecule has 0 amide bonds. The minimum Gasteiger partial charge on any atom is -0.496 e. The number of hydrogen-bond donors (Lipinski definition) is 1. The molecule has 1 heterocycles. The van der Waals surface area contributed by atoms with E-state index >= 15 is 0 Å². The van der Waals surface area contributed by atoms with Crippen LogP contribution in [0, 0.1) is 0 Å². The molecule has 4 nitrogen and oxygen atoms in total. The normalized spacial score (nSPS) is 17.1. The molecule has 1 aromatic carbocycles. The zero-order chi connectivity index (χ0) is 12.1. The van der Waals surface area contributed by atoms with Gasteiger partial charge in [-0.25, -0.2) is 0 Å². The summed E-state index contributed by atoms with van der Waals surface area (Å²) in [6.45, 7) is 4.50. The van der Waals surface area contributed by atoms with Crippen LogP contribution in [0.2, 0.25) is 0 Å². The zero-order valence-corrected chi connectivity index (χ0v) is 10.2. The van der Waals surface area contributed by atoms with Gasteiger partial charge in [-0.1, -0.05) is 12.1 Å². The van der Waals surface area contributed by atoms with Crippen molar-refractivity contribution < 1.29 is 14.6 Å². The lowest BCUT2D eigenvalue weighted by molar-refractivity contribution is 0.0341. The molecule has 1 aliphatic heterocycles.